The monoisotopic (exact) mass is 406 g/mol. The van der Waals surface area contributed by atoms with Crippen LogP contribution in [0, 0.1) is 11.6 Å². The molecule has 0 saturated heterocycles. The summed E-state index contributed by atoms with van der Waals surface area (Å²) in [4.78, 5) is 22.3. The minimum atomic E-state index is -0.936. The Balaban J connectivity index is 2.26. The molecule has 5 N–H and O–H groups in total. The minimum Gasteiger partial charge on any atom is -0.471 e. The van der Waals surface area contributed by atoms with E-state index in [-0.39, 0.29) is 26.5 Å². The number of amides is 3. The van der Waals surface area contributed by atoms with Crippen molar-refractivity contribution in [2.24, 2.45) is 11.5 Å². The first-order valence-electron chi connectivity index (χ1n) is 5.91. The highest BCUT2D eigenvalue weighted by molar-refractivity contribution is 9.10. The van der Waals surface area contributed by atoms with Gasteiger partial charge in [0, 0.05) is 4.47 Å². The van der Waals surface area contributed by atoms with E-state index in [1.165, 1.54) is 0 Å². The van der Waals surface area contributed by atoms with Gasteiger partial charge in [-0.15, -0.1) is 0 Å². The fourth-order valence-electron chi connectivity index (χ4n) is 1.64. The Bertz CT molecular complexity index is 761. The molecule has 0 bridgehead atoms. The number of nitrogens with one attached hydrogen (secondary N) is 1. The van der Waals surface area contributed by atoms with E-state index < -0.39 is 30.2 Å². The number of primary amides is 2. The molecule has 0 aliphatic heterocycles. The van der Waals surface area contributed by atoms with Crippen molar-refractivity contribution < 1.29 is 23.1 Å². The molecule has 23 heavy (non-hydrogen) atoms. The van der Waals surface area contributed by atoms with Gasteiger partial charge in [-0.1, -0.05) is 15.9 Å². The Hall–Kier alpha value is -2.27. The minimum absolute atomic E-state index is 0.0169. The molecule has 7 nitrogen and oxygen atoms in total. The maximum atomic E-state index is 13.7. The van der Waals surface area contributed by atoms with Crippen LogP contribution in [-0.4, -0.2) is 16.3 Å². The zero-order chi connectivity index (χ0) is 17.1. The molecule has 0 radical (unpaired) electrons. The molecular formula is C12H9BrF2N4O3S. The van der Waals surface area contributed by atoms with Gasteiger partial charge < -0.3 is 16.2 Å². The summed E-state index contributed by atoms with van der Waals surface area (Å²) in [7, 11) is 0. The summed E-state index contributed by atoms with van der Waals surface area (Å²) in [5.74, 6) is -2.85. The number of rotatable bonds is 5. The largest absolute Gasteiger partial charge is 0.471 e. The fourth-order valence-corrected chi connectivity index (χ4v) is 2.78. The van der Waals surface area contributed by atoms with Crippen LogP contribution in [0.3, 0.4) is 0 Å². The summed E-state index contributed by atoms with van der Waals surface area (Å²) in [6.45, 7) is -0.523. The number of urea groups is 1. The molecular weight excluding hydrogens is 398 g/mol. The fraction of sp³-hybridized carbons (Fsp3) is 0.0833. The highest BCUT2D eigenvalue weighted by atomic mass is 79.9. The standard InChI is InChI=1S/C12H9BrF2N4O3S/c13-4-1-6(14)5(7(15)2-4)3-22-10-8(9(16)20)11(23-19-10)18-12(17)21/h1-2H,3H2,(H2,16,20)(H3,17,18,21). The van der Waals surface area contributed by atoms with Gasteiger partial charge in [-0.05, 0) is 23.7 Å². The lowest BCUT2D eigenvalue weighted by Gasteiger charge is -2.08. The highest BCUT2D eigenvalue weighted by Crippen LogP contribution is 2.31. The smallest absolute Gasteiger partial charge is 0.317 e. The molecule has 0 aliphatic rings. The Kier molecular flexibility index (Phi) is 5.11. The van der Waals surface area contributed by atoms with Crippen LogP contribution in [0.25, 0.3) is 0 Å². The van der Waals surface area contributed by atoms with Crippen molar-refractivity contribution >= 4 is 44.4 Å². The van der Waals surface area contributed by atoms with Crippen LogP contribution in [0.4, 0.5) is 18.6 Å². The molecule has 0 saturated carbocycles. The zero-order valence-electron chi connectivity index (χ0n) is 11.2. The lowest BCUT2D eigenvalue weighted by atomic mass is 10.2. The molecule has 0 fully saturated rings. The highest BCUT2D eigenvalue weighted by Gasteiger charge is 2.22. The van der Waals surface area contributed by atoms with Crippen molar-refractivity contribution in [1.82, 2.24) is 4.37 Å². The predicted octanol–water partition coefficient (Wildman–Crippen LogP) is 2.35. The molecule has 11 heteroatoms. The van der Waals surface area contributed by atoms with Crippen molar-refractivity contribution in [3.8, 4) is 5.88 Å². The van der Waals surface area contributed by atoms with E-state index in [0.717, 1.165) is 12.1 Å². The van der Waals surface area contributed by atoms with E-state index in [4.69, 9.17) is 16.2 Å². The van der Waals surface area contributed by atoms with E-state index in [2.05, 4.69) is 25.6 Å². The number of nitrogens with zero attached hydrogens (tertiary/aromatic N) is 1. The second kappa shape index (κ2) is 6.87. The molecule has 0 unspecified atom stereocenters. The van der Waals surface area contributed by atoms with E-state index in [0.29, 0.717) is 11.5 Å². The van der Waals surface area contributed by atoms with Crippen molar-refractivity contribution in [3.05, 3.63) is 39.4 Å². The number of aromatic nitrogens is 1. The van der Waals surface area contributed by atoms with Crippen LogP contribution in [0.1, 0.15) is 15.9 Å². The van der Waals surface area contributed by atoms with Crippen molar-refractivity contribution in [2.45, 2.75) is 6.61 Å². The van der Waals surface area contributed by atoms with Crippen LogP contribution < -0.4 is 21.5 Å². The quantitative estimate of drug-likeness (QED) is 0.705. The van der Waals surface area contributed by atoms with Crippen molar-refractivity contribution in [3.63, 3.8) is 0 Å². The van der Waals surface area contributed by atoms with Gasteiger partial charge in [-0.2, -0.15) is 4.37 Å². The van der Waals surface area contributed by atoms with Gasteiger partial charge in [0.15, 0.2) is 0 Å². The van der Waals surface area contributed by atoms with Crippen molar-refractivity contribution in [2.75, 3.05) is 5.32 Å². The number of ether oxygens (including phenoxy) is 1. The van der Waals surface area contributed by atoms with Gasteiger partial charge in [-0.3, -0.25) is 10.1 Å². The van der Waals surface area contributed by atoms with E-state index in [9.17, 15) is 18.4 Å². The SMILES string of the molecule is NC(=O)Nc1snc(OCc2c(F)cc(Br)cc2F)c1C(N)=O. The van der Waals surface area contributed by atoms with Gasteiger partial charge >= 0.3 is 6.03 Å². The van der Waals surface area contributed by atoms with Crippen LogP contribution in [0.15, 0.2) is 16.6 Å². The maximum absolute atomic E-state index is 13.7. The summed E-state index contributed by atoms with van der Waals surface area (Å²) in [5.41, 5.74) is 9.56. The molecule has 1 aromatic carbocycles. The molecule has 122 valence electrons. The number of carbonyl (C=O) groups excluding carboxylic acids is 2. The van der Waals surface area contributed by atoms with Crippen LogP contribution in [0.2, 0.25) is 0 Å². The number of nitrogens with two attached hydrogens (primary N) is 2. The third kappa shape index (κ3) is 3.93. The van der Waals surface area contributed by atoms with Crippen LogP contribution >= 0.6 is 27.5 Å². The normalized spacial score (nSPS) is 10.4. The summed E-state index contributed by atoms with van der Waals surface area (Å²) >= 11 is 3.65. The second-order valence-corrected chi connectivity index (χ2v) is 5.87. The second-order valence-electron chi connectivity index (χ2n) is 4.18. The molecule has 0 spiro atoms. The number of anilines is 1. The molecule has 2 aromatic rings. The van der Waals surface area contributed by atoms with Gasteiger partial charge in [-0.25, -0.2) is 13.6 Å². The summed E-state index contributed by atoms with van der Waals surface area (Å²) < 4.78 is 36.6. The summed E-state index contributed by atoms with van der Waals surface area (Å²) in [6.07, 6.45) is 0. The number of halogens is 3. The lowest BCUT2D eigenvalue weighted by molar-refractivity contribution is 0.0996. The molecule has 1 heterocycles. The first-order valence-corrected chi connectivity index (χ1v) is 7.48. The topological polar surface area (TPSA) is 120 Å². The van der Waals surface area contributed by atoms with E-state index in [1.54, 1.807) is 0 Å². The Morgan fingerprint density at radius 2 is 1.91 bits per heavy atom. The van der Waals surface area contributed by atoms with Crippen LogP contribution in [0.5, 0.6) is 5.88 Å². The van der Waals surface area contributed by atoms with Gasteiger partial charge in [0.05, 0.1) is 5.56 Å². The Morgan fingerprint density at radius 1 is 1.30 bits per heavy atom. The summed E-state index contributed by atoms with van der Waals surface area (Å²) in [6, 6.07) is 1.21. The van der Waals surface area contributed by atoms with E-state index in [1.807, 2.05) is 0 Å². The van der Waals surface area contributed by atoms with Gasteiger partial charge in [0.2, 0.25) is 5.88 Å². The molecule has 1 aromatic heterocycles. The Labute approximate surface area is 140 Å². The zero-order valence-corrected chi connectivity index (χ0v) is 13.6. The Morgan fingerprint density at radius 3 is 2.43 bits per heavy atom. The number of carbonyl (C=O) groups is 2. The molecule has 2 rings (SSSR count). The first kappa shape index (κ1) is 17.1. The molecule has 0 atom stereocenters. The molecule has 3 amide bonds. The van der Waals surface area contributed by atoms with Crippen LogP contribution in [-0.2, 0) is 6.61 Å². The number of hydrogen-bond donors (Lipinski definition) is 3. The van der Waals surface area contributed by atoms with Crippen molar-refractivity contribution in [1.29, 1.82) is 0 Å². The predicted molar refractivity (Wildman–Crippen MR) is 82.2 cm³/mol. The number of hydrogen-bond acceptors (Lipinski definition) is 5. The average Bonchev–Trinajstić information content (AvgIpc) is 2.79. The first-order chi connectivity index (χ1) is 10.8. The van der Waals surface area contributed by atoms with Gasteiger partial charge in [0.25, 0.3) is 5.91 Å². The van der Waals surface area contributed by atoms with E-state index >= 15 is 0 Å². The lowest BCUT2D eigenvalue weighted by Crippen LogP contribution is -2.21. The average molecular weight is 407 g/mol. The molecule has 0 aliphatic carbocycles. The van der Waals surface area contributed by atoms with Gasteiger partial charge in [0.1, 0.15) is 28.8 Å². The number of benzene rings is 1. The third-order valence-corrected chi connectivity index (χ3v) is 3.81. The summed E-state index contributed by atoms with van der Waals surface area (Å²) in [5, 5.41) is 2.15. The maximum Gasteiger partial charge on any atom is 0.317 e. The third-order valence-electron chi connectivity index (χ3n) is 2.60.